The fourth-order valence-corrected chi connectivity index (χ4v) is 2.62. The number of nitrogens with zero attached hydrogens (tertiary/aromatic N) is 1. The number of hydrogen-bond acceptors (Lipinski definition) is 3. The highest BCUT2D eigenvalue weighted by Crippen LogP contribution is 2.17. The van der Waals surface area contributed by atoms with Crippen molar-refractivity contribution in [1.82, 2.24) is 10.2 Å². The minimum atomic E-state index is -0.282. The highest BCUT2D eigenvalue weighted by atomic mass is 19.1. The van der Waals surface area contributed by atoms with Crippen LogP contribution < -0.4 is 5.32 Å². The summed E-state index contributed by atoms with van der Waals surface area (Å²) in [6.45, 7) is 3.12. The number of hydrogen-bond donors (Lipinski definition) is 2. The van der Waals surface area contributed by atoms with Crippen LogP contribution >= 0.6 is 0 Å². The highest BCUT2D eigenvalue weighted by Gasteiger charge is 2.25. The standard InChI is InChI=1S/C15H21FN2O2/c1-11(12-4-6-13(16)7-5-12)17-15(20)9-18-8-2-3-14(18)10-19/h4-7,11,14,19H,2-3,8-10H2,1H3,(H,17,20). The summed E-state index contributed by atoms with van der Waals surface area (Å²) >= 11 is 0. The van der Waals surface area contributed by atoms with E-state index >= 15 is 0 Å². The second-order valence-corrected chi connectivity index (χ2v) is 5.29. The van der Waals surface area contributed by atoms with Gasteiger partial charge in [0.2, 0.25) is 5.91 Å². The summed E-state index contributed by atoms with van der Waals surface area (Å²) in [6, 6.07) is 6.07. The Balaban J connectivity index is 1.86. The SMILES string of the molecule is CC(NC(=O)CN1CCCC1CO)c1ccc(F)cc1. The van der Waals surface area contributed by atoms with Gasteiger partial charge in [0.25, 0.3) is 0 Å². The molecule has 2 atom stereocenters. The third-order valence-corrected chi connectivity index (χ3v) is 3.80. The van der Waals surface area contributed by atoms with Crippen LogP contribution in [0.2, 0.25) is 0 Å². The summed E-state index contributed by atoms with van der Waals surface area (Å²) in [7, 11) is 0. The molecule has 0 aliphatic carbocycles. The Labute approximate surface area is 118 Å². The van der Waals surface area contributed by atoms with Crippen molar-refractivity contribution in [3.05, 3.63) is 35.6 Å². The van der Waals surface area contributed by atoms with Gasteiger partial charge in [-0.25, -0.2) is 4.39 Å². The lowest BCUT2D eigenvalue weighted by molar-refractivity contribution is -0.123. The van der Waals surface area contributed by atoms with Gasteiger partial charge in [0.1, 0.15) is 5.82 Å². The van der Waals surface area contributed by atoms with Crippen LogP contribution in [0, 0.1) is 5.82 Å². The third-order valence-electron chi connectivity index (χ3n) is 3.80. The molecule has 2 N–H and O–H groups in total. The van der Waals surface area contributed by atoms with E-state index in [-0.39, 0.29) is 30.4 Å². The summed E-state index contributed by atoms with van der Waals surface area (Å²) in [5.74, 6) is -0.350. The Kier molecular flexibility index (Phi) is 5.09. The molecule has 0 bridgehead atoms. The fourth-order valence-electron chi connectivity index (χ4n) is 2.62. The van der Waals surface area contributed by atoms with Crippen molar-refractivity contribution in [2.75, 3.05) is 19.7 Å². The van der Waals surface area contributed by atoms with Gasteiger partial charge in [-0.3, -0.25) is 9.69 Å². The molecule has 0 saturated carbocycles. The number of carbonyl (C=O) groups excluding carboxylic acids is 1. The number of rotatable bonds is 5. The van der Waals surface area contributed by atoms with Crippen molar-refractivity contribution < 1.29 is 14.3 Å². The molecular formula is C15H21FN2O2. The normalized spacial score (nSPS) is 20.9. The van der Waals surface area contributed by atoms with E-state index in [1.165, 1.54) is 12.1 Å². The van der Waals surface area contributed by atoms with E-state index in [0.29, 0.717) is 6.54 Å². The number of likely N-dealkylation sites (tertiary alicyclic amines) is 1. The van der Waals surface area contributed by atoms with Crippen molar-refractivity contribution in [2.24, 2.45) is 0 Å². The highest BCUT2D eigenvalue weighted by molar-refractivity contribution is 5.78. The first-order chi connectivity index (χ1) is 9.60. The second kappa shape index (κ2) is 6.81. The maximum Gasteiger partial charge on any atom is 0.234 e. The van der Waals surface area contributed by atoms with Crippen molar-refractivity contribution >= 4 is 5.91 Å². The van der Waals surface area contributed by atoms with Gasteiger partial charge in [-0.05, 0) is 44.0 Å². The first-order valence-electron chi connectivity index (χ1n) is 7.00. The van der Waals surface area contributed by atoms with E-state index < -0.39 is 0 Å². The Hall–Kier alpha value is -1.46. The average molecular weight is 280 g/mol. The van der Waals surface area contributed by atoms with Crippen LogP contribution in [0.5, 0.6) is 0 Å². The molecule has 4 nitrogen and oxygen atoms in total. The summed E-state index contributed by atoms with van der Waals surface area (Å²) in [6.07, 6.45) is 1.96. The average Bonchev–Trinajstić information content (AvgIpc) is 2.86. The smallest absolute Gasteiger partial charge is 0.234 e. The molecule has 1 aliphatic rings. The molecule has 1 aromatic carbocycles. The maximum absolute atomic E-state index is 12.8. The number of halogens is 1. The monoisotopic (exact) mass is 280 g/mol. The fraction of sp³-hybridized carbons (Fsp3) is 0.533. The molecule has 20 heavy (non-hydrogen) atoms. The van der Waals surface area contributed by atoms with Crippen LogP contribution in [0.4, 0.5) is 4.39 Å². The topological polar surface area (TPSA) is 52.6 Å². The Morgan fingerprint density at radius 1 is 1.50 bits per heavy atom. The van der Waals surface area contributed by atoms with Crippen LogP contribution in [-0.2, 0) is 4.79 Å². The van der Waals surface area contributed by atoms with Crippen molar-refractivity contribution in [3.8, 4) is 0 Å². The molecule has 1 saturated heterocycles. The van der Waals surface area contributed by atoms with Gasteiger partial charge in [-0.15, -0.1) is 0 Å². The minimum absolute atomic E-state index is 0.0674. The predicted molar refractivity (Wildman–Crippen MR) is 74.6 cm³/mol. The molecule has 1 aromatic rings. The van der Waals surface area contributed by atoms with Gasteiger partial charge in [-0.2, -0.15) is 0 Å². The van der Waals surface area contributed by atoms with Crippen molar-refractivity contribution in [2.45, 2.75) is 31.8 Å². The summed E-state index contributed by atoms with van der Waals surface area (Å²) in [5, 5.41) is 12.1. The first-order valence-corrected chi connectivity index (χ1v) is 7.00. The summed E-state index contributed by atoms with van der Waals surface area (Å²) in [5.41, 5.74) is 0.875. The molecule has 2 unspecified atom stereocenters. The third kappa shape index (κ3) is 3.77. The molecule has 1 aliphatic heterocycles. The first kappa shape index (κ1) is 14.9. The number of benzene rings is 1. The lowest BCUT2D eigenvalue weighted by Gasteiger charge is -2.23. The molecule has 1 heterocycles. The Morgan fingerprint density at radius 2 is 2.20 bits per heavy atom. The van der Waals surface area contributed by atoms with Gasteiger partial charge >= 0.3 is 0 Å². The minimum Gasteiger partial charge on any atom is -0.395 e. The quantitative estimate of drug-likeness (QED) is 0.858. The number of carbonyl (C=O) groups is 1. The molecule has 0 aromatic heterocycles. The number of amides is 1. The second-order valence-electron chi connectivity index (χ2n) is 5.29. The van der Waals surface area contributed by atoms with Crippen LogP contribution in [0.1, 0.15) is 31.4 Å². The number of aliphatic hydroxyl groups is 1. The van der Waals surface area contributed by atoms with E-state index in [0.717, 1.165) is 24.9 Å². The molecular weight excluding hydrogens is 259 g/mol. The van der Waals surface area contributed by atoms with E-state index in [4.69, 9.17) is 0 Å². The maximum atomic E-state index is 12.8. The van der Waals surface area contributed by atoms with Crippen molar-refractivity contribution in [1.29, 1.82) is 0 Å². The lowest BCUT2D eigenvalue weighted by Crippen LogP contribution is -2.41. The molecule has 1 fully saturated rings. The summed E-state index contributed by atoms with van der Waals surface area (Å²) in [4.78, 5) is 14.0. The zero-order chi connectivity index (χ0) is 14.5. The van der Waals surface area contributed by atoms with Crippen LogP contribution in [0.15, 0.2) is 24.3 Å². The van der Waals surface area contributed by atoms with Crippen molar-refractivity contribution in [3.63, 3.8) is 0 Å². The van der Waals surface area contributed by atoms with Crippen LogP contribution in [0.25, 0.3) is 0 Å². The Bertz CT molecular complexity index is 450. The zero-order valence-corrected chi connectivity index (χ0v) is 11.7. The van der Waals surface area contributed by atoms with E-state index in [1.807, 2.05) is 11.8 Å². The van der Waals surface area contributed by atoms with Gasteiger partial charge < -0.3 is 10.4 Å². The van der Waals surface area contributed by atoms with E-state index in [1.54, 1.807) is 12.1 Å². The molecule has 5 heteroatoms. The van der Waals surface area contributed by atoms with E-state index in [9.17, 15) is 14.3 Å². The zero-order valence-electron chi connectivity index (χ0n) is 11.7. The molecule has 0 radical (unpaired) electrons. The molecule has 2 rings (SSSR count). The van der Waals surface area contributed by atoms with Gasteiger partial charge in [-0.1, -0.05) is 12.1 Å². The largest absolute Gasteiger partial charge is 0.395 e. The Morgan fingerprint density at radius 3 is 2.85 bits per heavy atom. The predicted octanol–water partition coefficient (Wildman–Crippen LogP) is 1.46. The van der Waals surface area contributed by atoms with Crippen LogP contribution in [-0.4, -0.2) is 41.7 Å². The lowest BCUT2D eigenvalue weighted by atomic mass is 10.1. The molecule has 1 amide bonds. The molecule has 0 spiro atoms. The van der Waals surface area contributed by atoms with E-state index in [2.05, 4.69) is 5.32 Å². The molecule has 110 valence electrons. The van der Waals surface area contributed by atoms with Gasteiger partial charge in [0.15, 0.2) is 0 Å². The van der Waals surface area contributed by atoms with Crippen LogP contribution in [0.3, 0.4) is 0 Å². The van der Waals surface area contributed by atoms with Gasteiger partial charge in [0.05, 0.1) is 19.2 Å². The summed E-state index contributed by atoms with van der Waals surface area (Å²) < 4.78 is 12.8. The number of aliphatic hydroxyl groups excluding tert-OH is 1. The van der Waals surface area contributed by atoms with Gasteiger partial charge in [0, 0.05) is 6.04 Å². The number of nitrogens with one attached hydrogen (secondary N) is 1.